The van der Waals surface area contributed by atoms with E-state index in [1.165, 1.54) is 6.20 Å². The van der Waals surface area contributed by atoms with E-state index in [-0.39, 0.29) is 5.91 Å². The maximum atomic E-state index is 11.7. The van der Waals surface area contributed by atoms with Crippen LogP contribution in [0.4, 0.5) is 0 Å². The number of benzene rings is 1. The van der Waals surface area contributed by atoms with Crippen molar-refractivity contribution in [3.8, 4) is 0 Å². The van der Waals surface area contributed by atoms with Gasteiger partial charge in [0.2, 0.25) is 0 Å². The second-order valence-electron chi connectivity index (χ2n) is 3.19. The molecule has 78 valence electrons. The second kappa shape index (κ2) is 3.82. The molecule has 0 radical (unpaired) electrons. The first-order valence-electron chi connectivity index (χ1n) is 4.48. The zero-order valence-corrected chi connectivity index (χ0v) is 8.14. The fourth-order valence-electron chi connectivity index (χ4n) is 1.22. The molecule has 1 atom stereocenters. The van der Waals surface area contributed by atoms with Gasteiger partial charge >= 0.3 is 0 Å². The van der Waals surface area contributed by atoms with Gasteiger partial charge in [-0.1, -0.05) is 23.1 Å². The molecule has 2 rings (SSSR count). The highest BCUT2D eigenvalue weighted by Crippen LogP contribution is 2.07. The fraction of sp³-hybridized carbons (Fsp3) is 0.100. The van der Waals surface area contributed by atoms with Gasteiger partial charge in [-0.15, -0.1) is 5.06 Å². The van der Waals surface area contributed by atoms with Crippen LogP contribution in [0, 0.1) is 5.21 Å². The highest BCUT2D eigenvalue weighted by Gasteiger charge is 2.25. The summed E-state index contributed by atoms with van der Waals surface area (Å²) in [4.78, 5) is 16.5. The SMILES string of the molecule is CC1=CN(C(=O)c2ccccc2)O[NH+]1[O-]. The summed E-state index contributed by atoms with van der Waals surface area (Å²) >= 11 is 0. The molecule has 1 aliphatic heterocycles. The molecule has 1 N–H and O–H groups in total. The lowest BCUT2D eigenvalue weighted by atomic mass is 10.2. The summed E-state index contributed by atoms with van der Waals surface area (Å²) in [6.07, 6.45) is 1.39. The zero-order chi connectivity index (χ0) is 10.8. The Bertz CT molecular complexity index is 402. The van der Waals surface area contributed by atoms with E-state index in [2.05, 4.69) is 0 Å². The molecule has 5 heteroatoms. The predicted molar refractivity (Wildman–Crippen MR) is 51.8 cm³/mol. The summed E-state index contributed by atoms with van der Waals surface area (Å²) in [5.41, 5.74) is 0.899. The van der Waals surface area contributed by atoms with Gasteiger partial charge in [-0.25, -0.2) is 0 Å². The first-order chi connectivity index (χ1) is 7.18. The van der Waals surface area contributed by atoms with E-state index in [0.29, 0.717) is 11.3 Å². The Balaban J connectivity index is 2.18. The lowest BCUT2D eigenvalue weighted by Crippen LogP contribution is -3.02. The van der Waals surface area contributed by atoms with Gasteiger partial charge in [0.25, 0.3) is 5.91 Å². The standard InChI is InChI=1S/C10H10N2O3/c1-8-7-11(15-12(8)14)10(13)9-5-3-2-4-6-9/h2-7,12H,1H3. The smallest absolute Gasteiger partial charge is 0.286 e. The van der Waals surface area contributed by atoms with Crippen molar-refractivity contribution in [1.29, 1.82) is 0 Å². The number of carbonyl (C=O) groups excluding carboxylic acids is 1. The number of rotatable bonds is 1. The lowest BCUT2D eigenvalue weighted by molar-refractivity contribution is -1.03. The maximum Gasteiger partial charge on any atom is 0.286 e. The Morgan fingerprint density at radius 3 is 2.60 bits per heavy atom. The molecule has 1 unspecified atom stereocenters. The van der Waals surface area contributed by atoms with Crippen LogP contribution in [0.15, 0.2) is 42.2 Å². The molecule has 1 aromatic rings. The van der Waals surface area contributed by atoms with Crippen molar-refractivity contribution in [1.82, 2.24) is 5.06 Å². The average Bonchev–Trinajstić information content (AvgIpc) is 2.59. The molecule has 0 saturated carbocycles. The van der Waals surface area contributed by atoms with Gasteiger partial charge in [0.15, 0.2) is 5.70 Å². The van der Waals surface area contributed by atoms with Crippen LogP contribution in [0.1, 0.15) is 17.3 Å². The Hall–Kier alpha value is -1.69. The third kappa shape index (κ3) is 1.89. The number of allylic oxidation sites excluding steroid dienone is 1. The van der Waals surface area contributed by atoms with Gasteiger partial charge in [-0.2, -0.15) is 5.23 Å². The minimum atomic E-state index is -0.487. The van der Waals surface area contributed by atoms with Crippen LogP contribution in [0.2, 0.25) is 0 Å². The summed E-state index contributed by atoms with van der Waals surface area (Å²) in [6, 6.07) is 8.65. The number of carbonyl (C=O) groups is 1. The van der Waals surface area contributed by atoms with E-state index in [4.69, 9.17) is 4.94 Å². The van der Waals surface area contributed by atoms with Gasteiger partial charge in [0.05, 0.1) is 0 Å². The molecular weight excluding hydrogens is 196 g/mol. The normalized spacial score (nSPS) is 20.3. The van der Waals surface area contributed by atoms with Crippen LogP contribution in [0.3, 0.4) is 0 Å². The number of hydrogen-bond donors (Lipinski definition) is 1. The Kier molecular flexibility index (Phi) is 2.51. The number of hydroxylamine groups is 4. The Morgan fingerprint density at radius 1 is 1.40 bits per heavy atom. The summed E-state index contributed by atoms with van der Waals surface area (Å²) in [5, 5.41) is 11.5. The number of nitrogens with one attached hydrogen (secondary N) is 1. The summed E-state index contributed by atoms with van der Waals surface area (Å²) in [7, 11) is 0. The summed E-state index contributed by atoms with van der Waals surface area (Å²) in [6.45, 7) is 1.60. The number of hydrogen-bond acceptors (Lipinski definition) is 3. The van der Waals surface area contributed by atoms with Crippen LogP contribution >= 0.6 is 0 Å². The van der Waals surface area contributed by atoms with Crippen LogP contribution < -0.4 is 5.23 Å². The molecule has 1 amide bonds. The van der Waals surface area contributed by atoms with Gasteiger partial charge in [-0.05, 0) is 12.1 Å². The number of quaternary nitrogens is 1. The van der Waals surface area contributed by atoms with Gasteiger partial charge in [0.1, 0.15) is 6.20 Å². The molecular formula is C10H10N2O3. The van der Waals surface area contributed by atoms with Crippen LogP contribution in [-0.4, -0.2) is 11.0 Å². The van der Waals surface area contributed by atoms with E-state index < -0.39 is 5.23 Å². The highest BCUT2D eigenvalue weighted by atomic mass is 17.0. The third-order valence-corrected chi connectivity index (χ3v) is 2.04. The topological polar surface area (TPSA) is 57.0 Å². The predicted octanol–water partition coefficient (Wildman–Crippen LogP) is 0.233. The quantitative estimate of drug-likeness (QED) is 0.669. The number of amides is 1. The molecule has 15 heavy (non-hydrogen) atoms. The van der Waals surface area contributed by atoms with Gasteiger partial charge < -0.3 is 5.21 Å². The maximum absolute atomic E-state index is 11.7. The Morgan fingerprint density at radius 2 is 2.07 bits per heavy atom. The van der Waals surface area contributed by atoms with Crippen molar-refractivity contribution in [2.24, 2.45) is 0 Å². The van der Waals surface area contributed by atoms with Crippen LogP contribution in [0.25, 0.3) is 0 Å². The molecule has 0 spiro atoms. The van der Waals surface area contributed by atoms with Crippen molar-refractivity contribution in [3.63, 3.8) is 0 Å². The monoisotopic (exact) mass is 206 g/mol. The van der Waals surface area contributed by atoms with Gasteiger partial charge in [0, 0.05) is 12.5 Å². The summed E-state index contributed by atoms with van der Waals surface area (Å²) in [5.74, 6) is -0.346. The summed E-state index contributed by atoms with van der Waals surface area (Å²) < 4.78 is 0. The van der Waals surface area contributed by atoms with E-state index in [1.807, 2.05) is 6.07 Å². The molecule has 1 heterocycles. The first-order valence-corrected chi connectivity index (χ1v) is 4.48. The lowest BCUT2D eigenvalue weighted by Gasteiger charge is -2.15. The minimum absolute atomic E-state index is 0.346. The molecule has 0 bridgehead atoms. The van der Waals surface area contributed by atoms with E-state index in [0.717, 1.165) is 5.06 Å². The molecule has 0 aromatic heterocycles. The molecule has 0 fully saturated rings. The molecule has 5 nitrogen and oxygen atoms in total. The van der Waals surface area contributed by atoms with Crippen molar-refractivity contribution < 1.29 is 15.0 Å². The second-order valence-corrected chi connectivity index (χ2v) is 3.19. The largest absolute Gasteiger partial charge is 0.593 e. The van der Waals surface area contributed by atoms with Crippen molar-refractivity contribution >= 4 is 5.91 Å². The molecule has 0 saturated heterocycles. The van der Waals surface area contributed by atoms with Crippen LogP contribution in [0.5, 0.6) is 0 Å². The fourth-order valence-corrected chi connectivity index (χ4v) is 1.22. The van der Waals surface area contributed by atoms with Crippen molar-refractivity contribution in [2.75, 3.05) is 0 Å². The van der Waals surface area contributed by atoms with Crippen molar-refractivity contribution in [2.45, 2.75) is 6.92 Å². The zero-order valence-electron chi connectivity index (χ0n) is 8.14. The van der Waals surface area contributed by atoms with E-state index >= 15 is 0 Å². The third-order valence-electron chi connectivity index (χ3n) is 2.04. The number of nitrogens with zero attached hydrogens (tertiary/aromatic N) is 1. The molecule has 1 aromatic carbocycles. The highest BCUT2D eigenvalue weighted by molar-refractivity contribution is 5.94. The van der Waals surface area contributed by atoms with Gasteiger partial charge in [-0.3, -0.25) is 4.79 Å². The van der Waals surface area contributed by atoms with E-state index in [9.17, 15) is 10.0 Å². The molecule has 0 aliphatic carbocycles. The molecule has 1 aliphatic rings. The first kappa shape index (κ1) is 9.85. The Labute approximate surface area is 86.6 Å². The van der Waals surface area contributed by atoms with Crippen LogP contribution in [-0.2, 0) is 4.94 Å². The van der Waals surface area contributed by atoms with E-state index in [1.54, 1.807) is 31.2 Å². The average molecular weight is 206 g/mol. The van der Waals surface area contributed by atoms with Crippen molar-refractivity contribution in [3.05, 3.63) is 53.0 Å². The minimum Gasteiger partial charge on any atom is -0.593 e.